The van der Waals surface area contributed by atoms with Crippen molar-refractivity contribution in [3.05, 3.63) is 90.8 Å². The van der Waals surface area contributed by atoms with Crippen molar-refractivity contribution < 1.29 is 4.79 Å². The highest BCUT2D eigenvalue weighted by Crippen LogP contribution is 2.24. The predicted molar refractivity (Wildman–Crippen MR) is 108 cm³/mol. The molecule has 0 saturated carbocycles. The molecule has 0 fully saturated rings. The van der Waals surface area contributed by atoms with E-state index >= 15 is 0 Å². The topological polar surface area (TPSA) is 50.2 Å². The second-order valence-electron chi connectivity index (χ2n) is 6.40. The monoisotopic (exact) mass is 356 g/mol. The molecule has 1 heterocycles. The molecule has 27 heavy (non-hydrogen) atoms. The van der Waals surface area contributed by atoms with Gasteiger partial charge in [-0.25, -0.2) is 19.9 Å². The van der Waals surface area contributed by atoms with Crippen molar-refractivity contribution in [3.8, 4) is 11.1 Å². The molecule has 0 aliphatic rings. The third kappa shape index (κ3) is 3.53. The van der Waals surface area contributed by atoms with Gasteiger partial charge >= 0.3 is 6.03 Å². The van der Waals surface area contributed by atoms with Gasteiger partial charge in [0.25, 0.3) is 0 Å². The number of hydrogen-bond acceptors (Lipinski definition) is 2. The Hall–Kier alpha value is -3.60. The number of benzene rings is 3. The Morgan fingerprint density at radius 2 is 1.67 bits per heavy atom. The van der Waals surface area contributed by atoms with Crippen molar-refractivity contribution >= 4 is 17.1 Å². The van der Waals surface area contributed by atoms with E-state index in [1.165, 1.54) is 0 Å². The van der Waals surface area contributed by atoms with Crippen molar-refractivity contribution in [2.45, 2.75) is 6.54 Å². The minimum absolute atomic E-state index is 0.194. The van der Waals surface area contributed by atoms with Gasteiger partial charge in [-0.2, -0.15) is 0 Å². The summed E-state index contributed by atoms with van der Waals surface area (Å²) < 4.78 is 1.65. The Morgan fingerprint density at radius 1 is 0.963 bits per heavy atom. The van der Waals surface area contributed by atoms with Crippen LogP contribution in [0.1, 0.15) is 5.56 Å². The van der Waals surface area contributed by atoms with Crippen LogP contribution in [0.5, 0.6) is 0 Å². The van der Waals surface area contributed by atoms with Gasteiger partial charge < -0.3 is 4.90 Å². The first-order valence-corrected chi connectivity index (χ1v) is 8.80. The molecule has 3 aromatic carbocycles. The second-order valence-corrected chi connectivity index (χ2v) is 6.40. The average Bonchev–Trinajstić information content (AvgIpc) is 3.12. The van der Waals surface area contributed by atoms with Crippen molar-refractivity contribution in [3.63, 3.8) is 0 Å². The van der Waals surface area contributed by atoms with Crippen LogP contribution in [0.3, 0.4) is 0 Å². The Morgan fingerprint density at radius 3 is 2.52 bits per heavy atom. The maximum atomic E-state index is 12.7. The lowest BCUT2D eigenvalue weighted by Gasteiger charge is -2.20. The maximum absolute atomic E-state index is 12.7. The molecular weight excluding hydrogens is 336 g/mol. The predicted octanol–water partition coefficient (Wildman–Crippen LogP) is 4.50. The molecule has 4 rings (SSSR count). The van der Waals surface area contributed by atoms with Crippen molar-refractivity contribution in [1.29, 1.82) is 0 Å². The van der Waals surface area contributed by atoms with Gasteiger partial charge in [-0.3, -0.25) is 0 Å². The number of carbonyl (C=O) groups excluding carboxylic acids is 1. The van der Waals surface area contributed by atoms with E-state index in [2.05, 4.69) is 34.7 Å². The van der Waals surface area contributed by atoms with Crippen LogP contribution < -0.4 is 5.43 Å². The van der Waals surface area contributed by atoms with Crippen LogP contribution in [0.4, 0.5) is 4.79 Å². The molecule has 1 N–H and O–H groups in total. The number of urea groups is 1. The van der Waals surface area contributed by atoms with Crippen molar-refractivity contribution in [1.82, 2.24) is 14.6 Å². The summed E-state index contributed by atoms with van der Waals surface area (Å²) in [5.74, 6) is 0. The lowest BCUT2D eigenvalue weighted by molar-refractivity contribution is 0.218. The van der Waals surface area contributed by atoms with Crippen LogP contribution >= 0.6 is 0 Å². The largest absolute Gasteiger partial charge is 0.336 e. The fraction of sp³-hybridized carbons (Fsp3) is 0.0909. The van der Waals surface area contributed by atoms with Gasteiger partial charge in [-0.1, -0.05) is 66.7 Å². The number of imidazole rings is 1. The van der Waals surface area contributed by atoms with E-state index in [1.54, 1.807) is 23.0 Å². The van der Waals surface area contributed by atoms with Crippen molar-refractivity contribution in [2.75, 3.05) is 12.5 Å². The van der Waals surface area contributed by atoms with Gasteiger partial charge in [-0.15, -0.1) is 0 Å². The van der Waals surface area contributed by atoms with E-state index in [0.717, 1.165) is 27.7 Å². The zero-order valence-corrected chi connectivity index (χ0v) is 15.0. The Kier molecular flexibility index (Phi) is 4.58. The normalized spacial score (nSPS) is 10.7. The third-order valence-corrected chi connectivity index (χ3v) is 4.53. The maximum Gasteiger partial charge on any atom is 0.336 e. The number of carbonyl (C=O) groups is 1. The SMILES string of the molecule is CN(Cc1ccccc1-c1ccccc1)C(=O)Nn1cnc2ccccc21. The highest BCUT2D eigenvalue weighted by atomic mass is 16.2. The first kappa shape index (κ1) is 16.8. The van der Waals surface area contributed by atoms with E-state index in [9.17, 15) is 4.79 Å². The number of hydrogen-bond donors (Lipinski definition) is 1. The quantitative estimate of drug-likeness (QED) is 0.585. The lowest BCUT2D eigenvalue weighted by atomic mass is 9.99. The molecular formula is C22H20N4O. The molecule has 0 atom stereocenters. The van der Waals surface area contributed by atoms with Crippen LogP contribution in [-0.2, 0) is 6.54 Å². The average molecular weight is 356 g/mol. The number of aromatic nitrogens is 2. The number of fused-ring (bicyclic) bond motifs is 1. The summed E-state index contributed by atoms with van der Waals surface area (Å²) in [7, 11) is 1.79. The van der Waals surface area contributed by atoms with Gasteiger partial charge in [-0.05, 0) is 28.8 Å². The first-order valence-electron chi connectivity index (χ1n) is 8.80. The summed E-state index contributed by atoms with van der Waals surface area (Å²) in [5.41, 5.74) is 7.96. The molecule has 2 amide bonds. The van der Waals surface area contributed by atoms with Gasteiger partial charge in [0.2, 0.25) is 0 Å². The Balaban J connectivity index is 1.53. The van der Waals surface area contributed by atoms with Gasteiger partial charge in [0, 0.05) is 13.6 Å². The summed E-state index contributed by atoms with van der Waals surface area (Å²) in [4.78, 5) is 18.6. The molecule has 0 spiro atoms. The molecule has 0 aliphatic carbocycles. The zero-order valence-electron chi connectivity index (χ0n) is 15.0. The molecule has 0 aliphatic heterocycles. The smallest absolute Gasteiger partial charge is 0.322 e. The molecule has 5 nitrogen and oxygen atoms in total. The minimum atomic E-state index is -0.194. The lowest BCUT2D eigenvalue weighted by Crippen LogP contribution is -2.35. The van der Waals surface area contributed by atoms with Crippen LogP contribution in [0.15, 0.2) is 85.2 Å². The molecule has 0 bridgehead atoms. The molecule has 134 valence electrons. The molecule has 0 saturated heterocycles. The summed E-state index contributed by atoms with van der Waals surface area (Å²) in [6.07, 6.45) is 1.62. The number of rotatable bonds is 4. The summed E-state index contributed by atoms with van der Waals surface area (Å²) in [5, 5.41) is 0. The van der Waals surface area contributed by atoms with E-state index in [1.807, 2.05) is 54.6 Å². The summed E-state index contributed by atoms with van der Waals surface area (Å²) >= 11 is 0. The van der Waals surface area contributed by atoms with E-state index in [4.69, 9.17) is 0 Å². The molecule has 5 heteroatoms. The van der Waals surface area contributed by atoms with Crippen LogP contribution in [0.25, 0.3) is 22.2 Å². The standard InChI is InChI=1S/C22H20N4O/c1-25(22(27)24-26-16-23-20-13-7-8-14-21(20)26)15-18-11-5-6-12-19(18)17-9-3-2-4-10-17/h2-14,16H,15H2,1H3,(H,24,27). The highest BCUT2D eigenvalue weighted by molar-refractivity contribution is 5.85. The second kappa shape index (κ2) is 7.33. The fourth-order valence-corrected chi connectivity index (χ4v) is 3.12. The van der Waals surface area contributed by atoms with Crippen molar-refractivity contribution in [2.24, 2.45) is 0 Å². The van der Waals surface area contributed by atoms with Crippen LogP contribution in [0, 0.1) is 0 Å². The van der Waals surface area contributed by atoms with Gasteiger partial charge in [0.05, 0.1) is 11.0 Å². The minimum Gasteiger partial charge on any atom is -0.322 e. The van der Waals surface area contributed by atoms with E-state index in [-0.39, 0.29) is 6.03 Å². The molecule has 0 unspecified atom stereocenters. The van der Waals surface area contributed by atoms with E-state index in [0.29, 0.717) is 6.54 Å². The van der Waals surface area contributed by atoms with E-state index < -0.39 is 0 Å². The molecule has 4 aromatic rings. The van der Waals surface area contributed by atoms with Gasteiger partial charge in [0.1, 0.15) is 6.33 Å². The number of nitrogens with one attached hydrogen (secondary N) is 1. The number of amides is 2. The first-order chi connectivity index (χ1) is 13.2. The Labute approximate surface area is 157 Å². The van der Waals surface area contributed by atoms with Crippen LogP contribution in [0.2, 0.25) is 0 Å². The fourth-order valence-electron chi connectivity index (χ4n) is 3.12. The molecule has 0 radical (unpaired) electrons. The third-order valence-electron chi connectivity index (χ3n) is 4.53. The molecule has 1 aromatic heterocycles. The zero-order chi connectivity index (χ0) is 18.6. The number of nitrogens with zero attached hydrogens (tertiary/aromatic N) is 3. The highest BCUT2D eigenvalue weighted by Gasteiger charge is 2.13. The van der Waals surface area contributed by atoms with Crippen LogP contribution in [-0.4, -0.2) is 27.6 Å². The Bertz CT molecular complexity index is 1070. The van der Waals surface area contributed by atoms with Gasteiger partial charge in [0.15, 0.2) is 0 Å². The summed E-state index contributed by atoms with van der Waals surface area (Å²) in [6.45, 7) is 0.504. The summed E-state index contributed by atoms with van der Waals surface area (Å²) in [6, 6.07) is 25.8. The number of para-hydroxylation sites is 2.